The van der Waals surface area contributed by atoms with Gasteiger partial charge in [0.1, 0.15) is 11.4 Å². The smallest absolute Gasteiger partial charge is 0.338 e. The van der Waals surface area contributed by atoms with Crippen molar-refractivity contribution in [2.75, 3.05) is 32.2 Å². The van der Waals surface area contributed by atoms with Crippen LogP contribution in [0.1, 0.15) is 27.8 Å². The molecule has 0 radical (unpaired) electrons. The highest BCUT2D eigenvalue weighted by molar-refractivity contribution is 9.10. The van der Waals surface area contributed by atoms with Gasteiger partial charge in [0.05, 0.1) is 36.0 Å². The standard InChI is InChI=1S/C28H25BrN6O6/c1-3-40-28(38)16-4-6-18(7-5-16)32-24(36)15-41-25-19(29)12-17(13-23(25)39-2)26-30-9-8-20(33-26)21-14-22-27(37)31-10-11-35(22)34-21/h4-9,12-14H,3,10-11,15H2,1-2H3,(H,31,37)(H,32,36). The fourth-order valence-electron chi connectivity index (χ4n) is 4.13. The van der Waals surface area contributed by atoms with E-state index in [-0.39, 0.29) is 19.1 Å². The topological polar surface area (TPSA) is 147 Å². The number of aromatic nitrogens is 4. The van der Waals surface area contributed by atoms with E-state index in [2.05, 4.69) is 41.6 Å². The molecule has 3 heterocycles. The number of anilines is 1. The minimum atomic E-state index is -0.430. The van der Waals surface area contributed by atoms with Crippen LogP contribution in [0.4, 0.5) is 5.69 Å². The van der Waals surface area contributed by atoms with Crippen molar-refractivity contribution in [1.29, 1.82) is 0 Å². The molecule has 2 aromatic carbocycles. The van der Waals surface area contributed by atoms with Gasteiger partial charge in [-0.3, -0.25) is 14.3 Å². The Labute approximate surface area is 243 Å². The number of nitrogens with zero attached hydrogens (tertiary/aromatic N) is 4. The Hall–Kier alpha value is -4.78. The average molecular weight is 621 g/mol. The third-order valence-electron chi connectivity index (χ3n) is 6.05. The molecular formula is C28H25BrN6O6. The molecule has 0 unspecified atom stereocenters. The number of fused-ring (bicyclic) bond motifs is 1. The van der Waals surface area contributed by atoms with Gasteiger partial charge >= 0.3 is 5.97 Å². The summed E-state index contributed by atoms with van der Waals surface area (Å²) in [4.78, 5) is 45.5. The first-order valence-corrected chi connectivity index (χ1v) is 13.4. The van der Waals surface area contributed by atoms with Crippen molar-refractivity contribution in [3.8, 4) is 34.3 Å². The predicted octanol–water partition coefficient (Wildman–Crippen LogP) is 3.72. The summed E-state index contributed by atoms with van der Waals surface area (Å²) in [5.74, 6) is 0.0960. The zero-order chi connectivity index (χ0) is 28.9. The van der Waals surface area contributed by atoms with E-state index in [4.69, 9.17) is 14.2 Å². The Balaban J connectivity index is 1.29. The molecule has 0 fully saturated rings. The first kappa shape index (κ1) is 27.8. The van der Waals surface area contributed by atoms with Gasteiger partial charge in [-0.25, -0.2) is 14.8 Å². The van der Waals surface area contributed by atoms with Gasteiger partial charge in [0.15, 0.2) is 23.9 Å². The number of benzene rings is 2. The number of carbonyl (C=O) groups is 3. The SMILES string of the molecule is CCOC(=O)c1ccc(NC(=O)COc2c(Br)cc(-c3nccc(-c4cc5n(n4)CCNC5=O)n3)cc2OC)cc1. The molecule has 2 aromatic heterocycles. The lowest BCUT2D eigenvalue weighted by Gasteiger charge is -2.14. The maximum atomic E-state index is 12.5. The zero-order valence-electron chi connectivity index (χ0n) is 22.1. The van der Waals surface area contributed by atoms with Crippen molar-refractivity contribution in [1.82, 2.24) is 25.1 Å². The van der Waals surface area contributed by atoms with Crippen molar-refractivity contribution in [3.05, 3.63) is 70.5 Å². The lowest BCUT2D eigenvalue weighted by Crippen LogP contribution is -2.35. The number of esters is 1. The molecule has 4 aromatic rings. The fraction of sp³-hybridized carbons (Fsp3) is 0.214. The van der Waals surface area contributed by atoms with E-state index in [0.717, 1.165) is 0 Å². The van der Waals surface area contributed by atoms with Crippen LogP contribution in [0, 0.1) is 0 Å². The fourth-order valence-corrected chi connectivity index (χ4v) is 4.69. The molecule has 0 spiro atoms. The summed E-state index contributed by atoms with van der Waals surface area (Å²) in [5.41, 5.74) is 3.14. The second kappa shape index (κ2) is 12.2. The molecule has 1 aliphatic rings. The largest absolute Gasteiger partial charge is 0.493 e. The number of carbonyl (C=O) groups excluding carboxylic acids is 3. The monoisotopic (exact) mass is 620 g/mol. The number of nitrogens with one attached hydrogen (secondary N) is 2. The van der Waals surface area contributed by atoms with Gasteiger partial charge in [-0.2, -0.15) is 5.10 Å². The van der Waals surface area contributed by atoms with Crippen LogP contribution in [0.2, 0.25) is 0 Å². The summed E-state index contributed by atoms with van der Waals surface area (Å²) >= 11 is 3.50. The summed E-state index contributed by atoms with van der Waals surface area (Å²) < 4.78 is 18.5. The molecule has 41 heavy (non-hydrogen) atoms. The van der Waals surface area contributed by atoms with Gasteiger partial charge < -0.3 is 24.8 Å². The lowest BCUT2D eigenvalue weighted by molar-refractivity contribution is -0.118. The van der Waals surface area contributed by atoms with Crippen molar-refractivity contribution in [3.63, 3.8) is 0 Å². The van der Waals surface area contributed by atoms with Crippen molar-refractivity contribution in [2.24, 2.45) is 0 Å². The van der Waals surface area contributed by atoms with Crippen molar-refractivity contribution in [2.45, 2.75) is 13.5 Å². The highest BCUT2D eigenvalue weighted by Crippen LogP contribution is 2.39. The highest BCUT2D eigenvalue weighted by Gasteiger charge is 2.21. The van der Waals surface area contributed by atoms with Gasteiger partial charge in [-0.1, -0.05) is 0 Å². The van der Waals surface area contributed by atoms with Crippen LogP contribution >= 0.6 is 15.9 Å². The van der Waals surface area contributed by atoms with E-state index in [1.54, 1.807) is 66.3 Å². The van der Waals surface area contributed by atoms with Gasteiger partial charge in [-0.15, -0.1) is 0 Å². The van der Waals surface area contributed by atoms with E-state index in [1.165, 1.54) is 7.11 Å². The Kier molecular flexibility index (Phi) is 8.24. The average Bonchev–Trinajstić information content (AvgIpc) is 3.43. The summed E-state index contributed by atoms with van der Waals surface area (Å²) in [7, 11) is 1.49. The first-order valence-electron chi connectivity index (χ1n) is 12.6. The predicted molar refractivity (Wildman–Crippen MR) is 152 cm³/mol. The normalized spacial score (nSPS) is 12.2. The van der Waals surface area contributed by atoms with E-state index in [1.807, 2.05) is 0 Å². The molecule has 1 aliphatic heterocycles. The molecule has 13 heteroatoms. The lowest BCUT2D eigenvalue weighted by atomic mass is 10.1. The molecule has 0 saturated heterocycles. The number of hydrogen-bond donors (Lipinski definition) is 2. The van der Waals surface area contributed by atoms with Crippen LogP contribution in [0.5, 0.6) is 11.5 Å². The third kappa shape index (κ3) is 6.19. The van der Waals surface area contributed by atoms with E-state index < -0.39 is 11.9 Å². The molecule has 0 atom stereocenters. The van der Waals surface area contributed by atoms with Crippen LogP contribution in [0.15, 0.2) is 59.2 Å². The van der Waals surface area contributed by atoms with Gasteiger partial charge in [-0.05, 0) is 71.4 Å². The highest BCUT2D eigenvalue weighted by atomic mass is 79.9. The Morgan fingerprint density at radius 3 is 2.66 bits per heavy atom. The molecule has 0 bridgehead atoms. The second-order valence-electron chi connectivity index (χ2n) is 8.78. The minimum Gasteiger partial charge on any atom is -0.493 e. The van der Waals surface area contributed by atoms with E-state index >= 15 is 0 Å². The minimum absolute atomic E-state index is 0.172. The van der Waals surface area contributed by atoms with Crippen LogP contribution in [0.3, 0.4) is 0 Å². The molecule has 2 amide bonds. The number of rotatable bonds is 9. The molecule has 5 rings (SSSR count). The van der Waals surface area contributed by atoms with Crippen LogP contribution in [0.25, 0.3) is 22.8 Å². The van der Waals surface area contributed by atoms with Crippen molar-refractivity contribution >= 4 is 39.4 Å². The number of halogens is 1. The molecular weight excluding hydrogens is 596 g/mol. The Morgan fingerprint density at radius 2 is 1.93 bits per heavy atom. The summed E-state index contributed by atoms with van der Waals surface area (Å²) in [6, 6.07) is 13.2. The molecule has 0 aliphatic carbocycles. The van der Waals surface area contributed by atoms with Gasteiger partial charge in [0.25, 0.3) is 11.8 Å². The second-order valence-corrected chi connectivity index (χ2v) is 9.64. The van der Waals surface area contributed by atoms with Crippen LogP contribution in [-0.4, -0.2) is 64.4 Å². The zero-order valence-corrected chi connectivity index (χ0v) is 23.7. The summed E-state index contributed by atoms with van der Waals surface area (Å²) in [5, 5.41) is 10.0. The number of methoxy groups -OCH3 is 1. The summed E-state index contributed by atoms with van der Waals surface area (Å²) in [6.45, 7) is 2.83. The molecule has 210 valence electrons. The van der Waals surface area contributed by atoms with Gasteiger partial charge in [0.2, 0.25) is 0 Å². The Morgan fingerprint density at radius 1 is 1.12 bits per heavy atom. The maximum Gasteiger partial charge on any atom is 0.338 e. The van der Waals surface area contributed by atoms with Gasteiger partial charge in [0, 0.05) is 24.0 Å². The Bertz CT molecular complexity index is 1620. The van der Waals surface area contributed by atoms with E-state index in [9.17, 15) is 14.4 Å². The van der Waals surface area contributed by atoms with E-state index in [0.29, 0.717) is 68.8 Å². The molecule has 0 saturated carbocycles. The maximum absolute atomic E-state index is 12.5. The van der Waals surface area contributed by atoms with Crippen molar-refractivity contribution < 1.29 is 28.6 Å². The number of amides is 2. The summed E-state index contributed by atoms with van der Waals surface area (Å²) in [6.07, 6.45) is 1.62. The number of ether oxygens (including phenoxy) is 3. The third-order valence-corrected chi connectivity index (χ3v) is 6.64. The van der Waals surface area contributed by atoms with Crippen LogP contribution in [-0.2, 0) is 16.1 Å². The first-order chi connectivity index (χ1) is 19.9. The quantitative estimate of drug-likeness (QED) is 0.267. The molecule has 12 nitrogen and oxygen atoms in total. The molecule has 2 N–H and O–H groups in total. The van der Waals surface area contributed by atoms with Crippen LogP contribution < -0.4 is 20.1 Å². The number of hydrogen-bond acceptors (Lipinski definition) is 9.